The molecule has 14 nitrogen and oxygen atoms in total. The molecule has 0 aliphatic carbocycles. The van der Waals surface area contributed by atoms with Crippen LogP contribution < -0.4 is 21.3 Å². The Kier molecular flexibility index (Phi) is 21.7. The van der Waals surface area contributed by atoms with Crippen molar-refractivity contribution in [2.24, 2.45) is 23.7 Å². The van der Waals surface area contributed by atoms with E-state index in [0.717, 1.165) is 29.7 Å². The average molecular weight is 892 g/mol. The van der Waals surface area contributed by atoms with Crippen molar-refractivity contribution in [3.05, 3.63) is 65.7 Å². The fourth-order valence-electron chi connectivity index (χ4n) is 9.14. The molecule has 1 aliphatic heterocycles. The molecule has 14 heteroatoms. The summed E-state index contributed by atoms with van der Waals surface area (Å²) in [5.74, 6) is -2.18. The summed E-state index contributed by atoms with van der Waals surface area (Å²) >= 11 is 0. The lowest BCUT2D eigenvalue weighted by Crippen LogP contribution is -2.59. The molecule has 5 amide bonds. The second-order valence-corrected chi connectivity index (χ2v) is 18.9. The molecule has 4 N–H and O–H groups in total. The SMILES string of the molecule is CC[C@H](C)[C@@H]([C@@H](CC(=O)N1CCC[C@H]1[C@H](OC)[C@@H](C)C(=O)NC(Cc1ccccc1)C(=O)NCc1ccc(NC(C)C)cc1)OC)N(C)C(=O)[C@@H](NC(=O)[C@H](C(C)C)N(C)C)C(C)C. The van der Waals surface area contributed by atoms with Gasteiger partial charge in [-0.05, 0) is 81.8 Å². The highest BCUT2D eigenvalue weighted by Crippen LogP contribution is 2.30. The normalized spacial score (nSPS) is 17.9. The second-order valence-electron chi connectivity index (χ2n) is 18.9. The number of ether oxygens (including phenoxy) is 2. The van der Waals surface area contributed by atoms with E-state index in [0.29, 0.717) is 32.0 Å². The maximum atomic E-state index is 14.4. The molecule has 64 heavy (non-hydrogen) atoms. The van der Waals surface area contributed by atoms with Crippen LogP contribution in [-0.4, -0.2) is 135 Å². The van der Waals surface area contributed by atoms with Gasteiger partial charge in [-0.1, -0.05) is 97.4 Å². The van der Waals surface area contributed by atoms with Gasteiger partial charge in [0.15, 0.2) is 0 Å². The number of likely N-dealkylation sites (tertiary alicyclic amines) is 1. The van der Waals surface area contributed by atoms with Crippen LogP contribution in [0.25, 0.3) is 0 Å². The number of amides is 5. The van der Waals surface area contributed by atoms with Crippen LogP contribution >= 0.6 is 0 Å². The van der Waals surface area contributed by atoms with Crippen LogP contribution in [0.4, 0.5) is 5.69 Å². The fourth-order valence-corrected chi connectivity index (χ4v) is 9.14. The third kappa shape index (κ3) is 15.0. The van der Waals surface area contributed by atoms with Gasteiger partial charge in [-0.15, -0.1) is 0 Å². The van der Waals surface area contributed by atoms with Gasteiger partial charge in [0, 0.05) is 52.5 Å². The van der Waals surface area contributed by atoms with E-state index in [1.54, 1.807) is 38.0 Å². The van der Waals surface area contributed by atoms with Crippen molar-refractivity contribution in [3.63, 3.8) is 0 Å². The second kappa shape index (κ2) is 25.8. The van der Waals surface area contributed by atoms with Crippen LogP contribution in [0.2, 0.25) is 0 Å². The number of methoxy groups -OCH3 is 2. The minimum absolute atomic E-state index is 0.00167. The summed E-state index contributed by atoms with van der Waals surface area (Å²) in [5, 5.41) is 12.5. The van der Waals surface area contributed by atoms with Crippen molar-refractivity contribution >= 4 is 35.2 Å². The van der Waals surface area contributed by atoms with E-state index in [4.69, 9.17) is 9.47 Å². The molecule has 2 aromatic rings. The molecule has 0 aromatic heterocycles. The lowest BCUT2D eigenvalue weighted by molar-refractivity contribution is -0.148. The largest absolute Gasteiger partial charge is 0.383 e. The number of nitrogens with zero attached hydrogens (tertiary/aromatic N) is 3. The summed E-state index contributed by atoms with van der Waals surface area (Å²) in [6, 6.07) is 14.8. The number of hydrogen-bond acceptors (Lipinski definition) is 9. The molecule has 1 saturated heterocycles. The van der Waals surface area contributed by atoms with Crippen LogP contribution in [0.15, 0.2) is 54.6 Å². The smallest absolute Gasteiger partial charge is 0.245 e. The van der Waals surface area contributed by atoms with Gasteiger partial charge >= 0.3 is 0 Å². The zero-order valence-electron chi connectivity index (χ0n) is 41.3. The molecule has 0 spiro atoms. The molecule has 2 aromatic carbocycles. The molecule has 1 heterocycles. The molecule has 358 valence electrons. The molecule has 1 unspecified atom stereocenters. The molecule has 0 radical (unpaired) electrons. The summed E-state index contributed by atoms with van der Waals surface area (Å²) in [4.78, 5) is 75.6. The van der Waals surface area contributed by atoms with E-state index in [2.05, 4.69) is 35.1 Å². The number of hydrogen-bond donors (Lipinski definition) is 4. The number of rotatable bonds is 25. The quantitative estimate of drug-likeness (QED) is 0.101. The van der Waals surface area contributed by atoms with Gasteiger partial charge in [0.05, 0.1) is 42.7 Å². The predicted molar refractivity (Wildman–Crippen MR) is 254 cm³/mol. The molecule has 9 atom stereocenters. The monoisotopic (exact) mass is 892 g/mol. The van der Waals surface area contributed by atoms with Crippen LogP contribution in [0.3, 0.4) is 0 Å². The van der Waals surface area contributed by atoms with Gasteiger partial charge in [0.25, 0.3) is 0 Å². The van der Waals surface area contributed by atoms with Crippen molar-refractivity contribution in [3.8, 4) is 0 Å². The van der Waals surface area contributed by atoms with E-state index in [1.807, 2.05) is 115 Å². The third-order valence-corrected chi connectivity index (χ3v) is 12.7. The Morgan fingerprint density at radius 3 is 1.95 bits per heavy atom. The minimum Gasteiger partial charge on any atom is -0.383 e. The fraction of sp³-hybridized carbons (Fsp3) is 0.660. The number of carbonyl (C=O) groups is 5. The Labute approximate surface area is 384 Å². The van der Waals surface area contributed by atoms with Gasteiger partial charge < -0.3 is 40.5 Å². The van der Waals surface area contributed by atoms with Crippen LogP contribution in [0.1, 0.15) is 99.1 Å². The highest BCUT2D eigenvalue weighted by molar-refractivity contribution is 5.91. The Bertz CT molecular complexity index is 1760. The minimum atomic E-state index is -0.856. The molecular weight excluding hydrogens is 811 g/mol. The number of likely N-dealkylation sites (N-methyl/N-ethyl adjacent to an activating group) is 2. The first-order chi connectivity index (χ1) is 30.2. The van der Waals surface area contributed by atoms with E-state index in [1.165, 1.54) is 0 Å². The van der Waals surface area contributed by atoms with Gasteiger partial charge in [-0.2, -0.15) is 0 Å². The van der Waals surface area contributed by atoms with E-state index < -0.39 is 48.3 Å². The van der Waals surface area contributed by atoms with E-state index >= 15 is 0 Å². The predicted octanol–water partition coefficient (Wildman–Crippen LogP) is 5.50. The van der Waals surface area contributed by atoms with Crippen molar-refractivity contribution in [1.29, 1.82) is 0 Å². The molecule has 3 rings (SSSR count). The maximum Gasteiger partial charge on any atom is 0.245 e. The summed E-state index contributed by atoms with van der Waals surface area (Å²) in [7, 11) is 8.56. The lowest BCUT2D eigenvalue weighted by Gasteiger charge is -2.41. The first-order valence-corrected chi connectivity index (χ1v) is 23.3. The highest BCUT2D eigenvalue weighted by atomic mass is 16.5. The molecule has 0 bridgehead atoms. The van der Waals surface area contributed by atoms with Crippen molar-refractivity contribution in [2.45, 2.75) is 149 Å². The Balaban J connectivity index is 1.79. The average Bonchev–Trinajstić information content (AvgIpc) is 3.74. The standard InChI is InChI=1S/C50H81N7O7/c1-15-34(8)45(56(12)50(62)43(31(2)3)54-49(61)44(32(4)5)55(10)11)41(63-13)29-42(58)57-27-19-22-40(57)46(64-14)35(9)47(59)53-39(28-36-20-17-16-18-21-36)48(60)51-30-37-23-25-38(26-24-37)52-33(6)7/h16-18,20-21,23-26,31-35,39-41,43-46,52H,15,19,22,27-30H2,1-14H3,(H,51,60)(H,53,59)(H,54,61)/t34-,35+,39?,40-,41+,43-,44-,45-,46+/m0/s1. The zero-order chi connectivity index (χ0) is 47.8. The van der Waals surface area contributed by atoms with Crippen molar-refractivity contribution < 1.29 is 33.4 Å². The lowest BCUT2D eigenvalue weighted by atomic mass is 9.89. The number of carbonyl (C=O) groups excluding carboxylic acids is 5. The number of anilines is 1. The maximum absolute atomic E-state index is 14.4. The molecular formula is C50H81N7O7. The molecule has 1 fully saturated rings. The topological polar surface area (TPSA) is 162 Å². The zero-order valence-corrected chi connectivity index (χ0v) is 41.3. The van der Waals surface area contributed by atoms with E-state index in [-0.39, 0.29) is 53.7 Å². The van der Waals surface area contributed by atoms with Gasteiger partial charge in [-0.25, -0.2) is 0 Å². The third-order valence-electron chi connectivity index (χ3n) is 12.7. The van der Waals surface area contributed by atoms with Gasteiger partial charge in [0.2, 0.25) is 29.5 Å². The summed E-state index contributed by atoms with van der Waals surface area (Å²) in [5.41, 5.74) is 2.83. The van der Waals surface area contributed by atoms with Crippen LogP contribution in [0, 0.1) is 23.7 Å². The highest BCUT2D eigenvalue weighted by Gasteiger charge is 2.43. The summed E-state index contributed by atoms with van der Waals surface area (Å²) < 4.78 is 12.1. The first-order valence-electron chi connectivity index (χ1n) is 23.3. The first kappa shape index (κ1) is 53.8. The van der Waals surface area contributed by atoms with Gasteiger partial charge in [0.1, 0.15) is 12.1 Å². The van der Waals surface area contributed by atoms with Crippen molar-refractivity contribution in [1.82, 2.24) is 30.7 Å². The molecule has 0 saturated carbocycles. The summed E-state index contributed by atoms with van der Waals surface area (Å²) in [6.07, 6.45) is 1.06. The Morgan fingerprint density at radius 1 is 0.781 bits per heavy atom. The molecule has 1 aliphatic rings. The van der Waals surface area contributed by atoms with Crippen molar-refractivity contribution in [2.75, 3.05) is 47.2 Å². The van der Waals surface area contributed by atoms with Gasteiger partial charge in [-0.3, -0.25) is 28.9 Å². The van der Waals surface area contributed by atoms with Crippen LogP contribution in [0.5, 0.6) is 0 Å². The van der Waals surface area contributed by atoms with E-state index in [9.17, 15) is 24.0 Å². The Hall–Kier alpha value is -4.53. The van der Waals surface area contributed by atoms with Crippen LogP contribution in [-0.2, 0) is 46.4 Å². The number of benzene rings is 2. The summed E-state index contributed by atoms with van der Waals surface area (Å²) in [6.45, 7) is 18.6. The Morgan fingerprint density at radius 2 is 1.42 bits per heavy atom. The number of nitrogens with one attached hydrogen (secondary N) is 4.